The molecule has 1 unspecified atom stereocenters. The van der Waals surface area contributed by atoms with Gasteiger partial charge < -0.3 is 9.47 Å². The summed E-state index contributed by atoms with van der Waals surface area (Å²) in [5.74, 6) is 1.94. The van der Waals surface area contributed by atoms with Gasteiger partial charge in [-0.3, -0.25) is 9.48 Å². The molecule has 4 rings (SSSR count). The average Bonchev–Trinajstić information content (AvgIpc) is 3.22. The number of nitrogens with zero attached hydrogens (tertiary/aromatic N) is 6. The van der Waals surface area contributed by atoms with Crippen molar-refractivity contribution in [3.8, 4) is 0 Å². The van der Waals surface area contributed by atoms with Crippen molar-refractivity contribution in [1.82, 2.24) is 29.4 Å². The van der Waals surface area contributed by atoms with E-state index in [1.165, 1.54) is 19.3 Å². The summed E-state index contributed by atoms with van der Waals surface area (Å²) < 4.78 is 3.85. The lowest BCUT2D eigenvalue weighted by Gasteiger charge is -2.42. The molecule has 1 atom stereocenters. The van der Waals surface area contributed by atoms with Crippen LogP contribution in [-0.2, 0) is 13.6 Å². The highest BCUT2D eigenvalue weighted by Crippen LogP contribution is 2.55. The first-order valence-corrected chi connectivity index (χ1v) is 9.15. The standard InChI is InChI=1S/C18H26N6O/c1-13(2)9-24-12-19-21-16(24)14-10-23(11-18(14)6-4-7-18)17(25)15-5-8-20-22(15)3/h5,8,12-14H,4,6-7,9-11H2,1-3H3. The van der Waals surface area contributed by atoms with Gasteiger partial charge in [-0.1, -0.05) is 20.3 Å². The molecule has 3 heterocycles. The minimum Gasteiger partial charge on any atom is -0.336 e. The van der Waals surface area contributed by atoms with Crippen LogP contribution in [-0.4, -0.2) is 48.4 Å². The number of amides is 1. The summed E-state index contributed by atoms with van der Waals surface area (Å²) in [7, 11) is 1.82. The minimum atomic E-state index is 0.0729. The predicted molar refractivity (Wildman–Crippen MR) is 93.0 cm³/mol. The number of aromatic nitrogens is 5. The molecule has 134 valence electrons. The maximum absolute atomic E-state index is 13.0. The number of hydrogen-bond acceptors (Lipinski definition) is 4. The summed E-state index contributed by atoms with van der Waals surface area (Å²) in [5.41, 5.74) is 0.828. The fraction of sp³-hybridized carbons (Fsp3) is 0.667. The molecule has 2 aliphatic rings. The van der Waals surface area contributed by atoms with Crippen molar-refractivity contribution in [2.45, 2.75) is 45.6 Å². The van der Waals surface area contributed by atoms with Crippen LogP contribution in [0.5, 0.6) is 0 Å². The van der Waals surface area contributed by atoms with Crippen LogP contribution >= 0.6 is 0 Å². The first-order chi connectivity index (χ1) is 12.0. The second kappa shape index (κ2) is 5.97. The highest BCUT2D eigenvalue weighted by atomic mass is 16.2. The van der Waals surface area contributed by atoms with Crippen molar-refractivity contribution in [3.05, 3.63) is 30.1 Å². The molecule has 1 spiro atoms. The van der Waals surface area contributed by atoms with E-state index in [4.69, 9.17) is 0 Å². The molecule has 2 aromatic heterocycles. The van der Waals surface area contributed by atoms with E-state index in [2.05, 4.69) is 33.7 Å². The summed E-state index contributed by atoms with van der Waals surface area (Å²) >= 11 is 0. The lowest BCUT2D eigenvalue weighted by molar-refractivity contribution is 0.0713. The zero-order valence-electron chi connectivity index (χ0n) is 15.2. The van der Waals surface area contributed by atoms with Gasteiger partial charge in [0, 0.05) is 38.8 Å². The molecule has 1 saturated carbocycles. The Morgan fingerprint density at radius 1 is 1.40 bits per heavy atom. The predicted octanol–water partition coefficient (Wildman–Crippen LogP) is 2.08. The fourth-order valence-corrected chi connectivity index (χ4v) is 4.43. The van der Waals surface area contributed by atoms with Crippen molar-refractivity contribution in [2.75, 3.05) is 13.1 Å². The molecule has 1 amide bonds. The average molecular weight is 342 g/mol. The molecule has 7 heteroatoms. The summed E-state index contributed by atoms with van der Waals surface area (Å²) in [6, 6.07) is 1.80. The van der Waals surface area contributed by atoms with Crippen LogP contribution in [0.3, 0.4) is 0 Å². The van der Waals surface area contributed by atoms with Gasteiger partial charge in [-0.25, -0.2) is 0 Å². The number of aryl methyl sites for hydroxylation is 1. The fourth-order valence-electron chi connectivity index (χ4n) is 4.43. The number of carbonyl (C=O) groups excluding carboxylic acids is 1. The van der Waals surface area contributed by atoms with Crippen LogP contribution in [0.4, 0.5) is 0 Å². The number of carbonyl (C=O) groups is 1. The van der Waals surface area contributed by atoms with E-state index in [9.17, 15) is 4.79 Å². The van der Waals surface area contributed by atoms with Gasteiger partial charge in [0.2, 0.25) is 0 Å². The zero-order chi connectivity index (χ0) is 17.6. The molecule has 0 radical (unpaired) electrons. The van der Waals surface area contributed by atoms with Crippen LogP contribution in [0.15, 0.2) is 18.6 Å². The topological polar surface area (TPSA) is 68.8 Å². The monoisotopic (exact) mass is 342 g/mol. The molecule has 7 nitrogen and oxygen atoms in total. The van der Waals surface area contributed by atoms with E-state index >= 15 is 0 Å². The summed E-state index contributed by atoms with van der Waals surface area (Å²) in [6.45, 7) is 6.87. The quantitative estimate of drug-likeness (QED) is 0.853. The zero-order valence-corrected chi connectivity index (χ0v) is 15.2. The van der Waals surface area contributed by atoms with Gasteiger partial charge in [0.05, 0.1) is 0 Å². The van der Waals surface area contributed by atoms with E-state index < -0.39 is 0 Å². The molecule has 0 bridgehead atoms. The summed E-state index contributed by atoms with van der Waals surface area (Å²) in [5, 5.41) is 12.8. The molecule has 0 N–H and O–H groups in total. The largest absolute Gasteiger partial charge is 0.336 e. The van der Waals surface area contributed by atoms with Gasteiger partial charge in [0.25, 0.3) is 5.91 Å². The molecular formula is C18H26N6O. The molecule has 1 aliphatic heterocycles. The SMILES string of the molecule is CC(C)Cn1cnnc1C1CN(C(=O)c2ccnn2C)CC12CCC2. The first kappa shape index (κ1) is 16.3. The van der Waals surface area contributed by atoms with E-state index in [-0.39, 0.29) is 17.2 Å². The Balaban J connectivity index is 1.62. The lowest BCUT2D eigenvalue weighted by Crippen LogP contribution is -2.38. The van der Waals surface area contributed by atoms with E-state index in [0.717, 1.165) is 25.5 Å². The normalized spacial score (nSPS) is 21.9. The second-order valence-corrected chi connectivity index (χ2v) is 8.03. The smallest absolute Gasteiger partial charge is 0.272 e. The third kappa shape index (κ3) is 2.65. The highest BCUT2D eigenvalue weighted by molar-refractivity contribution is 5.92. The number of hydrogen-bond donors (Lipinski definition) is 0. The number of rotatable bonds is 4. The Hall–Kier alpha value is -2.18. The third-order valence-corrected chi connectivity index (χ3v) is 5.84. The maximum Gasteiger partial charge on any atom is 0.272 e. The van der Waals surface area contributed by atoms with Crippen LogP contribution in [0.25, 0.3) is 0 Å². The third-order valence-electron chi connectivity index (χ3n) is 5.84. The molecule has 1 aliphatic carbocycles. The summed E-state index contributed by atoms with van der Waals surface area (Å²) in [6.07, 6.45) is 7.10. The van der Waals surface area contributed by atoms with Gasteiger partial charge in [0.1, 0.15) is 17.8 Å². The summed E-state index contributed by atoms with van der Waals surface area (Å²) in [4.78, 5) is 15.0. The first-order valence-electron chi connectivity index (χ1n) is 9.15. The molecule has 2 fully saturated rings. The van der Waals surface area contributed by atoms with Gasteiger partial charge in [-0.15, -0.1) is 10.2 Å². The molecule has 0 aromatic carbocycles. The van der Waals surface area contributed by atoms with Gasteiger partial charge >= 0.3 is 0 Å². The maximum atomic E-state index is 13.0. The van der Waals surface area contributed by atoms with Gasteiger partial charge in [-0.2, -0.15) is 5.10 Å². The van der Waals surface area contributed by atoms with Crippen LogP contribution in [0.2, 0.25) is 0 Å². The van der Waals surface area contributed by atoms with Crippen molar-refractivity contribution < 1.29 is 4.79 Å². The number of likely N-dealkylation sites (tertiary alicyclic amines) is 1. The van der Waals surface area contributed by atoms with Crippen LogP contribution in [0, 0.1) is 11.3 Å². The Bertz CT molecular complexity index is 772. The van der Waals surface area contributed by atoms with Crippen molar-refractivity contribution >= 4 is 5.91 Å². The second-order valence-electron chi connectivity index (χ2n) is 8.03. The Labute approximate surface area is 148 Å². The van der Waals surface area contributed by atoms with Gasteiger partial charge in [0.15, 0.2) is 0 Å². The Kier molecular flexibility index (Phi) is 3.89. The Morgan fingerprint density at radius 2 is 2.20 bits per heavy atom. The van der Waals surface area contributed by atoms with Crippen LogP contribution < -0.4 is 0 Å². The molecule has 2 aromatic rings. The van der Waals surface area contributed by atoms with Crippen molar-refractivity contribution in [2.24, 2.45) is 18.4 Å². The van der Waals surface area contributed by atoms with Crippen LogP contribution in [0.1, 0.15) is 55.3 Å². The van der Waals surface area contributed by atoms with Gasteiger partial charge in [-0.05, 0) is 30.2 Å². The van der Waals surface area contributed by atoms with E-state index in [1.807, 2.05) is 18.3 Å². The van der Waals surface area contributed by atoms with Crippen molar-refractivity contribution in [3.63, 3.8) is 0 Å². The molecular weight excluding hydrogens is 316 g/mol. The van der Waals surface area contributed by atoms with E-state index in [1.54, 1.807) is 16.9 Å². The van der Waals surface area contributed by atoms with Crippen molar-refractivity contribution in [1.29, 1.82) is 0 Å². The minimum absolute atomic E-state index is 0.0729. The molecule has 1 saturated heterocycles. The Morgan fingerprint density at radius 3 is 2.80 bits per heavy atom. The lowest BCUT2D eigenvalue weighted by atomic mass is 9.62. The van der Waals surface area contributed by atoms with E-state index in [0.29, 0.717) is 11.6 Å². The highest BCUT2D eigenvalue weighted by Gasteiger charge is 2.53. The molecule has 25 heavy (non-hydrogen) atoms.